The molecule has 2 aromatic carbocycles. The van der Waals surface area contributed by atoms with Gasteiger partial charge in [-0.1, -0.05) is 23.2 Å². The van der Waals surface area contributed by atoms with E-state index < -0.39 is 11.6 Å². The molecule has 0 amide bonds. The summed E-state index contributed by atoms with van der Waals surface area (Å²) in [6, 6.07) is 7.34. The van der Waals surface area contributed by atoms with E-state index in [-0.39, 0.29) is 5.52 Å². The van der Waals surface area contributed by atoms with Crippen LogP contribution in [0.4, 0.5) is 8.78 Å². The Labute approximate surface area is 117 Å². The van der Waals surface area contributed by atoms with E-state index in [1.54, 1.807) is 18.2 Å². The van der Waals surface area contributed by atoms with Crippen molar-refractivity contribution in [2.24, 2.45) is 0 Å². The number of aromatic amines is 1. The van der Waals surface area contributed by atoms with Gasteiger partial charge in [-0.15, -0.1) is 0 Å². The van der Waals surface area contributed by atoms with Crippen LogP contribution in [0.15, 0.2) is 30.3 Å². The van der Waals surface area contributed by atoms with Crippen LogP contribution in [-0.2, 0) is 0 Å². The normalized spacial score (nSPS) is 11.2. The number of nitrogens with one attached hydrogen (secondary N) is 1. The average molecular weight is 299 g/mol. The molecule has 1 aromatic heterocycles. The van der Waals surface area contributed by atoms with Crippen molar-refractivity contribution in [2.75, 3.05) is 0 Å². The highest BCUT2D eigenvalue weighted by Gasteiger charge is 2.14. The van der Waals surface area contributed by atoms with Gasteiger partial charge in [0.25, 0.3) is 0 Å². The summed E-state index contributed by atoms with van der Waals surface area (Å²) in [5.41, 5.74) is 0.919. The summed E-state index contributed by atoms with van der Waals surface area (Å²) in [5, 5.41) is 0.870. The molecule has 0 aliphatic rings. The molecular weight excluding hydrogens is 293 g/mol. The lowest BCUT2D eigenvalue weighted by atomic mass is 10.2. The number of nitrogens with zero attached hydrogens (tertiary/aromatic N) is 1. The lowest BCUT2D eigenvalue weighted by molar-refractivity contribution is 0.515. The molecule has 0 aliphatic carbocycles. The molecule has 3 rings (SSSR count). The highest BCUT2D eigenvalue weighted by atomic mass is 35.5. The maximum Gasteiger partial charge on any atom is 0.186 e. The number of aromatic nitrogens is 2. The summed E-state index contributed by atoms with van der Waals surface area (Å²) in [4.78, 5) is 6.93. The quantitative estimate of drug-likeness (QED) is 0.686. The molecule has 0 saturated heterocycles. The van der Waals surface area contributed by atoms with Crippen molar-refractivity contribution in [3.05, 3.63) is 52.0 Å². The first-order valence-electron chi connectivity index (χ1n) is 5.35. The van der Waals surface area contributed by atoms with Gasteiger partial charge >= 0.3 is 0 Å². The second kappa shape index (κ2) is 4.47. The van der Waals surface area contributed by atoms with Crippen LogP contribution in [-0.4, -0.2) is 9.97 Å². The van der Waals surface area contributed by atoms with E-state index in [0.29, 0.717) is 26.9 Å². The molecule has 0 aliphatic heterocycles. The standard InChI is InChI=1S/C13H6Cl2F2N2/c14-6-1-2-7(8(15)5-6)13-18-10-4-3-9(16)11(17)12(10)19-13/h1-5H,(H,18,19). The maximum atomic E-state index is 13.6. The third-order valence-corrected chi connectivity index (χ3v) is 3.28. The molecule has 0 radical (unpaired) electrons. The molecule has 6 heteroatoms. The van der Waals surface area contributed by atoms with E-state index in [1.807, 2.05) is 0 Å². The SMILES string of the molecule is Fc1ccc2[nH]c(-c3ccc(Cl)cc3Cl)nc2c1F. The molecule has 0 atom stereocenters. The van der Waals surface area contributed by atoms with Crippen LogP contribution in [0, 0.1) is 11.6 Å². The Hall–Kier alpha value is -1.65. The number of rotatable bonds is 1. The van der Waals surface area contributed by atoms with Crippen LogP contribution in [0.2, 0.25) is 10.0 Å². The van der Waals surface area contributed by atoms with Crippen LogP contribution in [0.25, 0.3) is 22.4 Å². The maximum absolute atomic E-state index is 13.6. The third kappa shape index (κ3) is 2.07. The van der Waals surface area contributed by atoms with Crippen LogP contribution in [0.5, 0.6) is 0 Å². The number of benzene rings is 2. The predicted molar refractivity (Wildman–Crippen MR) is 71.5 cm³/mol. The van der Waals surface area contributed by atoms with E-state index in [0.717, 1.165) is 6.07 Å². The molecule has 1 heterocycles. The summed E-state index contributed by atoms with van der Waals surface area (Å²) < 4.78 is 26.7. The lowest BCUT2D eigenvalue weighted by Crippen LogP contribution is -1.84. The molecule has 2 nitrogen and oxygen atoms in total. The van der Waals surface area contributed by atoms with Gasteiger partial charge in [-0.2, -0.15) is 0 Å². The molecule has 0 bridgehead atoms. The molecular formula is C13H6Cl2F2N2. The second-order valence-corrected chi connectivity index (χ2v) is 4.81. The number of halogens is 4. The monoisotopic (exact) mass is 298 g/mol. The number of hydrogen-bond donors (Lipinski definition) is 1. The third-order valence-electron chi connectivity index (χ3n) is 2.73. The smallest absolute Gasteiger partial charge is 0.186 e. The number of fused-ring (bicyclic) bond motifs is 1. The summed E-state index contributed by atoms with van der Waals surface area (Å²) in [7, 11) is 0. The van der Waals surface area contributed by atoms with Crippen molar-refractivity contribution in [1.82, 2.24) is 9.97 Å². The van der Waals surface area contributed by atoms with Gasteiger partial charge in [0, 0.05) is 10.6 Å². The van der Waals surface area contributed by atoms with Gasteiger partial charge in [-0.05, 0) is 30.3 Å². The zero-order valence-electron chi connectivity index (χ0n) is 9.35. The van der Waals surface area contributed by atoms with Crippen LogP contribution < -0.4 is 0 Å². The largest absolute Gasteiger partial charge is 0.338 e. The van der Waals surface area contributed by atoms with Gasteiger partial charge in [0.05, 0.1) is 10.5 Å². The van der Waals surface area contributed by atoms with Crippen molar-refractivity contribution in [3.8, 4) is 11.4 Å². The fourth-order valence-corrected chi connectivity index (χ4v) is 2.32. The average Bonchev–Trinajstić information content (AvgIpc) is 2.78. The molecule has 0 fully saturated rings. The minimum absolute atomic E-state index is 0.0546. The Bertz CT molecular complexity index is 784. The van der Waals surface area contributed by atoms with E-state index >= 15 is 0 Å². The predicted octanol–water partition coefficient (Wildman–Crippen LogP) is 4.81. The van der Waals surface area contributed by atoms with Crippen molar-refractivity contribution in [1.29, 1.82) is 0 Å². The highest BCUT2D eigenvalue weighted by Crippen LogP contribution is 2.30. The first kappa shape index (κ1) is 12.4. The first-order chi connectivity index (χ1) is 9.06. The van der Waals surface area contributed by atoms with Crippen molar-refractivity contribution >= 4 is 34.2 Å². The Morgan fingerprint density at radius 3 is 2.58 bits per heavy atom. The van der Waals surface area contributed by atoms with Crippen molar-refractivity contribution < 1.29 is 8.78 Å². The van der Waals surface area contributed by atoms with E-state index in [2.05, 4.69) is 9.97 Å². The van der Waals surface area contributed by atoms with E-state index in [1.165, 1.54) is 6.07 Å². The van der Waals surface area contributed by atoms with Gasteiger partial charge in [-0.25, -0.2) is 13.8 Å². The van der Waals surface area contributed by atoms with Crippen molar-refractivity contribution in [3.63, 3.8) is 0 Å². The molecule has 3 aromatic rings. The number of hydrogen-bond acceptors (Lipinski definition) is 1. The Morgan fingerprint density at radius 2 is 1.84 bits per heavy atom. The summed E-state index contributed by atoms with van der Waals surface area (Å²) in [6.07, 6.45) is 0. The zero-order chi connectivity index (χ0) is 13.6. The molecule has 96 valence electrons. The van der Waals surface area contributed by atoms with Crippen LogP contribution >= 0.6 is 23.2 Å². The van der Waals surface area contributed by atoms with Gasteiger partial charge < -0.3 is 4.98 Å². The van der Waals surface area contributed by atoms with E-state index in [4.69, 9.17) is 23.2 Å². The van der Waals surface area contributed by atoms with E-state index in [9.17, 15) is 8.78 Å². The van der Waals surface area contributed by atoms with Crippen molar-refractivity contribution in [2.45, 2.75) is 0 Å². The van der Waals surface area contributed by atoms with Gasteiger partial charge in [-0.3, -0.25) is 0 Å². The molecule has 0 saturated carbocycles. The summed E-state index contributed by atoms with van der Waals surface area (Å²) in [6.45, 7) is 0. The second-order valence-electron chi connectivity index (χ2n) is 3.97. The Kier molecular flexibility index (Phi) is 2.92. The van der Waals surface area contributed by atoms with Gasteiger partial charge in [0.1, 0.15) is 11.3 Å². The minimum Gasteiger partial charge on any atom is -0.338 e. The zero-order valence-corrected chi connectivity index (χ0v) is 10.9. The Morgan fingerprint density at radius 1 is 1.05 bits per heavy atom. The van der Waals surface area contributed by atoms with Crippen LogP contribution in [0.1, 0.15) is 0 Å². The lowest BCUT2D eigenvalue weighted by Gasteiger charge is -2.00. The summed E-state index contributed by atoms with van der Waals surface area (Å²) >= 11 is 11.9. The van der Waals surface area contributed by atoms with Gasteiger partial charge in [0.15, 0.2) is 11.6 Å². The highest BCUT2D eigenvalue weighted by molar-refractivity contribution is 6.36. The summed E-state index contributed by atoms with van der Waals surface area (Å²) in [5.74, 6) is -1.56. The molecule has 1 N–H and O–H groups in total. The number of imidazole rings is 1. The molecule has 0 spiro atoms. The minimum atomic E-state index is -0.981. The fraction of sp³-hybridized carbons (Fsp3) is 0. The number of H-pyrrole nitrogens is 1. The fourth-order valence-electron chi connectivity index (χ4n) is 1.83. The topological polar surface area (TPSA) is 28.7 Å². The molecule has 19 heavy (non-hydrogen) atoms. The molecule has 0 unspecified atom stereocenters. The van der Waals surface area contributed by atoms with Crippen LogP contribution in [0.3, 0.4) is 0 Å². The Balaban J connectivity index is 2.23. The van der Waals surface area contributed by atoms with Gasteiger partial charge in [0.2, 0.25) is 0 Å². The first-order valence-corrected chi connectivity index (χ1v) is 6.11.